The zero-order valence-corrected chi connectivity index (χ0v) is 23.4. The van der Waals surface area contributed by atoms with Crippen LogP contribution in [0, 0.1) is 5.41 Å². The van der Waals surface area contributed by atoms with Crippen molar-refractivity contribution in [2.45, 2.75) is 17.7 Å². The molecule has 0 atom stereocenters. The first-order valence-electron chi connectivity index (χ1n) is 13.9. The van der Waals surface area contributed by atoms with Crippen LogP contribution in [0.4, 0.5) is 5.69 Å². The van der Waals surface area contributed by atoms with E-state index in [2.05, 4.69) is 22.0 Å². The number of ether oxygens (including phenoxy) is 2. The molecule has 214 valence electrons. The molecular weight excluding hydrogens is 534 g/mol. The number of piperazine rings is 1. The van der Waals surface area contributed by atoms with E-state index in [0.29, 0.717) is 38.3 Å². The lowest BCUT2D eigenvalue weighted by molar-refractivity contribution is -0.154. The van der Waals surface area contributed by atoms with Crippen LogP contribution in [0.15, 0.2) is 47.6 Å². The number of aromatic nitrogens is 1. The molecule has 12 heteroatoms. The van der Waals surface area contributed by atoms with Crippen LogP contribution in [0.3, 0.4) is 0 Å². The Hall–Kier alpha value is -3.06. The minimum atomic E-state index is -3.84. The number of carbonyl (C=O) groups excluding carboxylic acids is 2. The van der Waals surface area contributed by atoms with Crippen LogP contribution in [0.25, 0.3) is 10.8 Å². The molecular formula is C28H35N5O6S. The molecule has 0 N–H and O–H groups in total. The maximum absolute atomic E-state index is 13.8. The van der Waals surface area contributed by atoms with Crippen LogP contribution in [0.2, 0.25) is 0 Å². The Morgan fingerprint density at radius 2 is 1.52 bits per heavy atom. The summed E-state index contributed by atoms with van der Waals surface area (Å²) >= 11 is 0. The highest BCUT2D eigenvalue weighted by molar-refractivity contribution is 7.89. The minimum absolute atomic E-state index is 0.0857. The number of fused-ring (bicyclic) bond motifs is 1. The van der Waals surface area contributed by atoms with Gasteiger partial charge in [-0.1, -0.05) is 12.2 Å². The van der Waals surface area contributed by atoms with Crippen molar-refractivity contribution in [2.75, 3.05) is 83.7 Å². The number of anilines is 1. The van der Waals surface area contributed by atoms with E-state index in [1.807, 2.05) is 6.07 Å². The highest BCUT2D eigenvalue weighted by atomic mass is 32.2. The van der Waals surface area contributed by atoms with Gasteiger partial charge in [0.2, 0.25) is 10.0 Å². The molecule has 11 nitrogen and oxygen atoms in total. The van der Waals surface area contributed by atoms with Crippen LogP contribution >= 0.6 is 0 Å². The summed E-state index contributed by atoms with van der Waals surface area (Å²) in [6.45, 7) is 5.32. The summed E-state index contributed by atoms with van der Waals surface area (Å²) in [5.41, 5.74) is 1.07. The van der Waals surface area contributed by atoms with E-state index in [-0.39, 0.29) is 36.5 Å². The van der Waals surface area contributed by atoms with Gasteiger partial charge in [0, 0.05) is 86.6 Å². The van der Waals surface area contributed by atoms with Crippen molar-refractivity contribution in [3.05, 3.63) is 42.7 Å². The van der Waals surface area contributed by atoms with Crippen molar-refractivity contribution >= 4 is 38.3 Å². The lowest BCUT2D eigenvalue weighted by Gasteiger charge is -2.42. The zero-order chi connectivity index (χ0) is 27.7. The summed E-state index contributed by atoms with van der Waals surface area (Å²) in [5, 5.41) is 1.44. The molecule has 2 aromatic rings. The molecule has 1 aromatic heterocycles. The first-order chi connectivity index (χ1) is 19.4. The van der Waals surface area contributed by atoms with E-state index in [1.54, 1.807) is 24.5 Å². The molecule has 0 radical (unpaired) electrons. The number of rotatable bonds is 3. The number of benzene rings is 1. The predicted octanol–water partition coefficient (Wildman–Crippen LogP) is 1.10. The molecule has 1 aromatic carbocycles. The van der Waals surface area contributed by atoms with Crippen molar-refractivity contribution in [1.29, 1.82) is 0 Å². The van der Waals surface area contributed by atoms with Gasteiger partial charge in [0.15, 0.2) is 0 Å². The number of amides is 2. The molecule has 40 heavy (non-hydrogen) atoms. The number of piperidine rings is 1. The molecule has 0 unspecified atom stereocenters. The quantitative estimate of drug-likeness (QED) is 0.399. The molecule has 1 spiro atoms. The van der Waals surface area contributed by atoms with Gasteiger partial charge >= 0.3 is 11.8 Å². The fourth-order valence-electron chi connectivity index (χ4n) is 6.14. The lowest BCUT2D eigenvalue weighted by Crippen LogP contribution is -2.55. The van der Waals surface area contributed by atoms with Crippen molar-refractivity contribution in [1.82, 2.24) is 19.1 Å². The maximum Gasteiger partial charge on any atom is 0.312 e. The summed E-state index contributed by atoms with van der Waals surface area (Å²) in [4.78, 5) is 35.2. The summed E-state index contributed by atoms with van der Waals surface area (Å²) in [7, 11) is -3.84. The number of sulfonamides is 1. The van der Waals surface area contributed by atoms with Gasteiger partial charge in [0.05, 0.1) is 31.3 Å². The summed E-state index contributed by atoms with van der Waals surface area (Å²) < 4.78 is 40.0. The first kappa shape index (κ1) is 27.1. The number of nitrogens with zero attached hydrogens (tertiary/aromatic N) is 5. The van der Waals surface area contributed by atoms with Gasteiger partial charge in [-0.2, -0.15) is 4.31 Å². The second-order valence-corrected chi connectivity index (χ2v) is 12.8. The molecule has 0 aliphatic carbocycles. The molecule has 4 aliphatic rings. The fraction of sp³-hybridized carbons (Fsp3) is 0.536. The van der Waals surface area contributed by atoms with E-state index < -0.39 is 21.8 Å². The van der Waals surface area contributed by atoms with Gasteiger partial charge < -0.3 is 24.2 Å². The summed E-state index contributed by atoms with van der Waals surface area (Å²) in [6.07, 6.45) is 9.72. The standard InChI is InChI=1S/C28H35N5O6S/c34-26(27(35)32-15-18-38-19-16-32)31-11-13-33(14-12-31)40(36,37)25-3-2-24(23-20-29-8-4-22(23)25)30-9-6-28(7-10-30)5-1-17-39-21-28/h1-5,8,20H,6-7,9-19,21H2. The van der Waals surface area contributed by atoms with Gasteiger partial charge in [0.25, 0.3) is 0 Å². The molecule has 0 saturated carbocycles. The number of morpholine rings is 1. The highest BCUT2D eigenvalue weighted by Crippen LogP contribution is 2.39. The smallest absolute Gasteiger partial charge is 0.312 e. The monoisotopic (exact) mass is 569 g/mol. The second kappa shape index (κ2) is 11.1. The van der Waals surface area contributed by atoms with Gasteiger partial charge in [-0.15, -0.1) is 0 Å². The Balaban J connectivity index is 1.17. The Morgan fingerprint density at radius 3 is 2.20 bits per heavy atom. The van der Waals surface area contributed by atoms with E-state index >= 15 is 0 Å². The van der Waals surface area contributed by atoms with Gasteiger partial charge in [0.1, 0.15) is 0 Å². The van der Waals surface area contributed by atoms with Crippen LogP contribution in [-0.4, -0.2) is 118 Å². The minimum Gasteiger partial charge on any atom is -0.378 e. The van der Waals surface area contributed by atoms with E-state index in [9.17, 15) is 18.0 Å². The van der Waals surface area contributed by atoms with Crippen LogP contribution < -0.4 is 4.90 Å². The number of pyridine rings is 1. The second-order valence-electron chi connectivity index (χ2n) is 10.9. The molecule has 5 heterocycles. The Kier molecular flexibility index (Phi) is 7.51. The molecule has 2 amide bonds. The number of hydrogen-bond donors (Lipinski definition) is 0. The Labute approximate surface area is 234 Å². The molecule has 3 saturated heterocycles. The number of carbonyl (C=O) groups is 2. The SMILES string of the molecule is O=C(C(=O)N1CCN(S(=O)(=O)c2ccc(N3CCC4(C=CCOC4)CC3)c3cnccc23)CC1)N1CCOCC1. The average Bonchev–Trinajstić information content (AvgIpc) is 3.01. The molecule has 6 rings (SSSR count). The third-order valence-corrected chi connectivity index (χ3v) is 10.5. The topological polar surface area (TPSA) is 113 Å². The van der Waals surface area contributed by atoms with Crippen LogP contribution in [0.1, 0.15) is 12.8 Å². The van der Waals surface area contributed by atoms with Crippen molar-refractivity contribution < 1.29 is 27.5 Å². The first-order valence-corrected chi connectivity index (χ1v) is 15.4. The Morgan fingerprint density at radius 1 is 0.825 bits per heavy atom. The summed E-state index contributed by atoms with van der Waals surface area (Å²) in [5.74, 6) is -1.14. The van der Waals surface area contributed by atoms with Crippen LogP contribution in [-0.2, 0) is 29.1 Å². The molecule has 4 aliphatic heterocycles. The largest absolute Gasteiger partial charge is 0.378 e. The van der Waals surface area contributed by atoms with Gasteiger partial charge in [-0.25, -0.2) is 8.42 Å². The maximum atomic E-state index is 13.8. The van der Waals surface area contributed by atoms with Crippen molar-refractivity contribution in [2.24, 2.45) is 5.41 Å². The average molecular weight is 570 g/mol. The third-order valence-electron chi connectivity index (χ3n) is 8.55. The highest BCUT2D eigenvalue weighted by Gasteiger charge is 2.37. The predicted molar refractivity (Wildman–Crippen MR) is 148 cm³/mol. The third kappa shape index (κ3) is 5.09. The lowest BCUT2D eigenvalue weighted by atomic mass is 9.78. The molecule has 3 fully saturated rings. The van der Waals surface area contributed by atoms with Gasteiger partial charge in [-0.3, -0.25) is 14.6 Å². The van der Waals surface area contributed by atoms with E-state index in [0.717, 1.165) is 43.6 Å². The van der Waals surface area contributed by atoms with E-state index in [4.69, 9.17) is 9.47 Å². The van der Waals surface area contributed by atoms with E-state index in [1.165, 1.54) is 14.1 Å². The summed E-state index contributed by atoms with van der Waals surface area (Å²) in [6, 6.07) is 5.35. The number of hydrogen-bond acceptors (Lipinski definition) is 8. The van der Waals surface area contributed by atoms with Crippen molar-refractivity contribution in [3.8, 4) is 0 Å². The van der Waals surface area contributed by atoms with Crippen molar-refractivity contribution in [3.63, 3.8) is 0 Å². The molecule has 0 bridgehead atoms. The fourth-order valence-corrected chi connectivity index (χ4v) is 7.75. The Bertz CT molecular complexity index is 1410. The normalized spacial score (nSPS) is 22.1. The van der Waals surface area contributed by atoms with Crippen LogP contribution in [0.5, 0.6) is 0 Å². The van der Waals surface area contributed by atoms with Gasteiger partial charge in [-0.05, 0) is 31.0 Å². The zero-order valence-electron chi connectivity index (χ0n) is 22.5.